The molecule has 2 heterocycles. The molecule has 6 heteroatoms. The van der Waals surface area contributed by atoms with Crippen molar-refractivity contribution in [3.05, 3.63) is 60.7 Å². The second-order valence-corrected chi connectivity index (χ2v) is 5.55. The Morgan fingerprint density at radius 3 is 2.56 bits per heavy atom. The van der Waals surface area contributed by atoms with E-state index in [1.807, 2.05) is 49.6 Å². The summed E-state index contributed by atoms with van der Waals surface area (Å²) >= 11 is 0. The molecule has 0 radical (unpaired) electrons. The molecule has 1 amide bonds. The van der Waals surface area contributed by atoms with Gasteiger partial charge in [0.05, 0.1) is 12.5 Å². The SMILES string of the molecule is Cn1cc(-c2cnc(-c3ccccc3)nc2)cc1C(=O)NCCC#N. The van der Waals surface area contributed by atoms with Crippen LogP contribution in [-0.2, 0) is 7.05 Å². The van der Waals surface area contributed by atoms with E-state index < -0.39 is 0 Å². The Bertz CT molecular complexity index is 907. The zero-order chi connectivity index (χ0) is 17.6. The molecule has 0 aliphatic rings. The van der Waals surface area contributed by atoms with Gasteiger partial charge in [0.2, 0.25) is 0 Å². The third kappa shape index (κ3) is 3.72. The van der Waals surface area contributed by atoms with Gasteiger partial charge in [0.1, 0.15) is 5.69 Å². The van der Waals surface area contributed by atoms with Crippen molar-refractivity contribution in [3.8, 4) is 28.6 Å². The Kier molecular flexibility index (Phi) is 4.86. The van der Waals surface area contributed by atoms with Gasteiger partial charge in [0, 0.05) is 48.9 Å². The summed E-state index contributed by atoms with van der Waals surface area (Å²) < 4.78 is 1.75. The van der Waals surface area contributed by atoms with E-state index in [9.17, 15) is 4.79 Å². The van der Waals surface area contributed by atoms with Crippen molar-refractivity contribution in [1.29, 1.82) is 5.26 Å². The number of hydrogen-bond acceptors (Lipinski definition) is 4. The lowest BCUT2D eigenvalue weighted by Crippen LogP contribution is -2.25. The number of amides is 1. The first-order valence-electron chi connectivity index (χ1n) is 7.88. The van der Waals surface area contributed by atoms with Gasteiger partial charge in [-0.2, -0.15) is 5.26 Å². The number of aromatic nitrogens is 3. The minimum atomic E-state index is -0.203. The third-order valence-corrected chi connectivity index (χ3v) is 3.78. The lowest BCUT2D eigenvalue weighted by atomic mass is 10.1. The van der Waals surface area contributed by atoms with Crippen LogP contribution in [0.15, 0.2) is 55.0 Å². The van der Waals surface area contributed by atoms with Gasteiger partial charge in [0.15, 0.2) is 5.82 Å². The first-order chi connectivity index (χ1) is 12.2. The summed E-state index contributed by atoms with van der Waals surface area (Å²) in [5.74, 6) is 0.459. The van der Waals surface area contributed by atoms with E-state index in [1.165, 1.54) is 0 Å². The highest BCUT2D eigenvalue weighted by Crippen LogP contribution is 2.22. The van der Waals surface area contributed by atoms with Crippen LogP contribution in [-0.4, -0.2) is 27.0 Å². The fraction of sp³-hybridized carbons (Fsp3) is 0.158. The lowest BCUT2D eigenvalue weighted by molar-refractivity contribution is 0.0946. The highest BCUT2D eigenvalue weighted by molar-refractivity contribution is 5.94. The first-order valence-corrected chi connectivity index (χ1v) is 7.88. The molecule has 0 aliphatic carbocycles. The molecule has 3 rings (SSSR count). The zero-order valence-corrected chi connectivity index (χ0v) is 13.8. The van der Waals surface area contributed by atoms with Gasteiger partial charge in [-0.25, -0.2) is 9.97 Å². The predicted octanol–water partition coefficient (Wildman–Crippen LogP) is 2.79. The molecule has 0 aliphatic heterocycles. The Balaban J connectivity index is 1.80. The summed E-state index contributed by atoms with van der Waals surface area (Å²) in [5, 5.41) is 11.3. The van der Waals surface area contributed by atoms with Crippen LogP contribution in [0.25, 0.3) is 22.5 Å². The highest BCUT2D eigenvalue weighted by atomic mass is 16.1. The first kappa shape index (κ1) is 16.4. The number of nitrogens with zero attached hydrogens (tertiary/aromatic N) is 4. The molecule has 0 saturated heterocycles. The van der Waals surface area contributed by atoms with E-state index in [0.717, 1.165) is 16.7 Å². The molecule has 3 aromatic rings. The van der Waals surface area contributed by atoms with Crippen LogP contribution in [0.5, 0.6) is 0 Å². The molecule has 25 heavy (non-hydrogen) atoms. The average molecular weight is 331 g/mol. The minimum Gasteiger partial charge on any atom is -0.350 e. The molecular formula is C19H17N5O. The lowest BCUT2D eigenvalue weighted by Gasteiger charge is -2.02. The molecular weight excluding hydrogens is 314 g/mol. The van der Waals surface area contributed by atoms with Crippen LogP contribution in [0, 0.1) is 11.3 Å². The number of carbonyl (C=O) groups is 1. The van der Waals surface area contributed by atoms with Crippen LogP contribution in [0.3, 0.4) is 0 Å². The quantitative estimate of drug-likeness (QED) is 0.729. The largest absolute Gasteiger partial charge is 0.350 e. The van der Waals surface area contributed by atoms with Gasteiger partial charge in [0.25, 0.3) is 5.91 Å². The minimum absolute atomic E-state index is 0.203. The van der Waals surface area contributed by atoms with Crippen LogP contribution in [0.1, 0.15) is 16.9 Å². The molecule has 1 N–H and O–H groups in total. The topological polar surface area (TPSA) is 83.6 Å². The van der Waals surface area contributed by atoms with Crippen molar-refractivity contribution in [3.63, 3.8) is 0 Å². The van der Waals surface area contributed by atoms with Crippen LogP contribution >= 0.6 is 0 Å². The molecule has 0 spiro atoms. The fourth-order valence-corrected chi connectivity index (χ4v) is 2.48. The summed E-state index contributed by atoms with van der Waals surface area (Å²) in [6.07, 6.45) is 5.65. The summed E-state index contributed by atoms with van der Waals surface area (Å²) in [7, 11) is 1.81. The molecule has 1 aromatic carbocycles. The molecule has 0 unspecified atom stereocenters. The molecule has 124 valence electrons. The Morgan fingerprint density at radius 1 is 1.16 bits per heavy atom. The van der Waals surface area contributed by atoms with Crippen LogP contribution in [0.2, 0.25) is 0 Å². The van der Waals surface area contributed by atoms with E-state index in [0.29, 0.717) is 18.1 Å². The van der Waals surface area contributed by atoms with Gasteiger partial charge >= 0.3 is 0 Å². The van der Waals surface area contributed by atoms with Gasteiger partial charge in [-0.15, -0.1) is 0 Å². The van der Waals surface area contributed by atoms with Crippen molar-refractivity contribution < 1.29 is 4.79 Å². The highest BCUT2D eigenvalue weighted by Gasteiger charge is 2.13. The van der Waals surface area contributed by atoms with E-state index in [-0.39, 0.29) is 12.3 Å². The van der Waals surface area contributed by atoms with Gasteiger partial charge in [-0.05, 0) is 6.07 Å². The average Bonchev–Trinajstić information content (AvgIpc) is 3.04. The van der Waals surface area contributed by atoms with Crippen molar-refractivity contribution in [1.82, 2.24) is 19.9 Å². The maximum atomic E-state index is 12.2. The number of carbonyl (C=O) groups excluding carboxylic acids is 1. The number of rotatable bonds is 5. The second-order valence-electron chi connectivity index (χ2n) is 5.55. The zero-order valence-electron chi connectivity index (χ0n) is 13.8. The van der Waals surface area contributed by atoms with E-state index in [4.69, 9.17) is 5.26 Å². The van der Waals surface area contributed by atoms with Crippen LogP contribution in [0.4, 0.5) is 0 Å². The van der Waals surface area contributed by atoms with E-state index >= 15 is 0 Å². The normalized spacial score (nSPS) is 10.2. The molecule has 6 nitrogen and oxygen atoms in total. The monoisotopic (exact) mass is 331 g/mol. The van der Waals surface area contributed by atoms with E-state index in [2.05, 4.69) is 15.3 Å². The van der Waals surface area contributed by atoms with Crippen molar-refractivity contribution in [2.45, 2.75) is 6.42 Å². The van der Waals surface area contributed by atoms with Crippen LogP contribution < -0.4 is 5.32 Å². The van der Waals surface area contributed by atoms with Crippen molar-refractivity contribution in [2.24, 2.45) is 7.05 Å². The molecule has 2 aromatic heterocycles. The maximum Gasteiger partial charge on any atom is 0.267 e. The number of aryl methyl sites for hydroxylation is 1. The Hall–Kier alpha value is -3.46. The predicted molar refractivity (Wildman–Crippen MR) is 94.4 cm³/mol. The van der Waals surface area contributed by atoms with Gasteiger partial charge in [-0.3, -0.25) is 4.79 Å². The summed E-state index contributed by atoms with van der Waals surface area (Å²) in [6, 6.07) is 13.6. The van der Waals surface area contributed by atoms with Crippen molar-refractivity contribution in [2.75, 3.05) is 6.54 Å². The molecule has 0 atom stereocenters. The smallest absolute Gasteiger partial charge is 0.267 e. The fourth-order valence-electron chi connectivity index (χ4n) is 2.48. The number of nitrogens with one attached hydrogen (secondary N) is 1. The Morgan fingerprint density at radius 2 is 1.88 bits per heavy atom. The number of nitriles is 1. The third-order valence-electron chi connectivity index (χ3n) is 3.78. The second kappa shape index (κ2) is 7.41. The number of benzene rings is 1. The Labute approximate surface area is 145 Å². The van der Waals surface area contributed by atoms with Gasteiger partial charge < -0.3 is 9.88 Å². The summed E-state index contributed by atoms with van der Waals surface area (Å²) in [5.41, 5.74) is 3.19. The van der Waals surface area contributed by atoms with E-state index in [1.54, 1.807) is 23.0 Å². The van der Waals surface area contributed by atoms with Gasteiger partial charge in [-0.1, -0.05) is 30.3 Å². The molecule has 0 fully saturated rings. The summed E-state index contributed by atoms with van der Waals surface area (Å²) in [4.78, 5) is 21.0. The number of hydrogen-bond donors (Lipinski definition) is 1. The molecule has 0 bridgehead atoms. The summed E-state index contributed by atoms with van der Waals surface area (Å²) in [6.45, 7) is 0.338. The van der Waals surface area contributed by atoms with Crippen molar-refractivity contribution >= 4 is 5.91 Å². The maximum absolute atomic E-state index is 12.2. The standard InChI is InChI=1S/C19H17N5O/c1-24-13-15(10-17(24)19(25)21-9-5-8-20)16-11-22-18(23-12-16)14-6-3-2-4-7-14/h2-4,6-7,10-13H,5,9H2,1H3,(H,21,25). The molecule has 0 saturated carbocycles.